The molecule has 0 unspecified atom stereocenters. The minimum Gasteiger partial charge on any atom is -0.493 e. The number of hydrogen-bond donors (Lipinski definition) is 0. The van der Waals surface area contributed by atoms with E-state index >= 15 is 0 Å². The van der Waals surface area contributed by atoms with Gasteiger partial charge in [-0.05, 0) is 38.3 Å². The zero-order valence-corrected chi connectivity index (χ0v) is 13.9. The molecule has 0 bridgehead atoms. The Morgan fingerprint density at radius 3 is 2.78 bits per heavy atom. The van der Waals surface area contributed by atoms with Gasteiger partial charge in [-0.3, -0.25) is 0 Å². The van der Waals surface area contributed by atoms with Crippen LogP contribution < -0.4 is 9.47 Å². The highest BCUT2D eigenvalue weighted by Gasteiger charge is 2.18. The van der Waals surface area contributed by atoms with Crippen LogP contribution >= 0.6 is 0 Å². The lowest BCUT2D eigenvalue weighted by atomic mass is 10.1. The van der Waals surface area contributed by atoms with Crippen LogP contribution in [0.15, 0.2) is 18.2 Å². The molecule has 0 amide bonds. The van der Waals surface area contributed by atoms with E-state index in [1.165, 1.54) is 0 Å². The van der Waals surface area contributed by atoms with E-state index in [9.17, 15) is 0 Å². The molecule has 1 aromatic carbocycles. The molecule has 1 aliphatic heterocycles. The molecule has 1 aromatic heterocycles. The first-order valence-electron chi connectivity index (χ1n) is 7.98. The molecule has 124 valence electrons. The van der Waals surface area contributed by atoms with Gasteiger partial charge in [-0.25, -0.2) is 9.67 Å². The summed E-state index contributed by atoms with van der Waals surface area (Å²) < 4.78 is 18.3. The maximum Gasteiger partial charge on any atom is 0.162 e. The van der Waals surface area contributed by atoms with Gasteiger partial charge in [0, 0.05) is 19.1 Å². The smallest absolute Gasteiger partial charge is 0.162 e. The Labute approximate surface area is 136 Å². The second-order valence-electron chi connectivity index (χ2n) is 5.70. The average molecular weight is 317 g/mol. The highest BCUT2D eigenvalue weighted by atomic mass is 16.5. The topological polar surface area (TPSA) is 58.4 Å². The van der Waals surface area contributed by atoms with Crippen LogP contribution in [0, 0.1) is 6.92 Å². The molecule has 1 atom stereocenters. The molecule has 0 aliphatic carbocycles. The predicted molar refractivity (Wildman–Crippen MR) is 86.5 cm³/mol. The van der Waals surface area contributed by atoms with Crippen molar-refractivity contribution in [3.05, 3.63) is 29.8 Å². The molecule has 23 heavy (non-hydrogen) atoms. The van der Waals surface area contributed by atoms with Crippen molar-refractivity contribution in [1.29, 1.82) is 0 Å². The van der Waals surface area contributed by atoms with E-state index in [4.69, 9.17) is 14.2 Å². The molecule has 6 nitrogen and oxygen atoms in total. The summed E-state index contributed by atoms with van der Waals surface area (Å²) in [4.78, 5) is 4.57. The Hall–Kier alpha value is -2.08. The molecule has 1 saturated heterocycles. The summed E-state index contributed by atoms with van der Waals surface area (Å²) in [6.07, 6.45) is 4.48. The number of aromatic nitrogens is 3. The third kappa shape index (κ3) is 3.47. The molecule has 0 N–H and O–H groups in total. The molecule has 0 radical (unpaired) electrons. The molecular weight excluding hydrogens is 294 g/mol. The molecule has 1 aliphatic rings. The highest BCUT2D eigenvalue weighted by molar-refractivity contribution is 5.48. The summed E-state index contributed by atoms with van der Waals surface area (Å²) in [5.74, 6) is 3.10. The van der Waals surface area contributed by atoms with Gasteiger partial charge in [0.1, 0.15) is 11.6 Å². The summed E-state index contributed by atoms with van der Waals surface area (Å²) in [5.41, 5.74) is 0.922. The molecule has 0 saturated carbocycles. The van der Waals surface area contributed by atoms with Gasteiger partial charge in [0.25, 0.3) is 0 Å². The van der Waals surface area contributed by atoms with E-state index in [-0.39, 0.29) is 0 Å². The molecule has 0 spiro atoms. The molecular formula is C17H23N3O3. The van der Waals surface area contributed by atoms with Crippen LogP contribution in [0.3, 0.4) is 0 Å². The van der Waals surface area contributed by atoms with E-state index in [1.807, 2.05) is 29.8 Å². The Bertz CT molecular complexity index is 663. The number of aryl methyl sites for hydroxylation is 2. The van der Waals surface area contributed by atoms with Crippen molar-refractivity contribution in [3.8, 4) is 17.2 Å². The van der Waals surface area contributed by atoms with Crippen molar-refractivity contribution >= 4 is 0 Å². The van der Waals surface area contributed by atoms with E-state index in [0.717, 1.165) is 49.6 Å². The van der Waals surface area contributed by atoms with Crippen LogP contribution in [-0.2, 0) is 11.2 Å². The van der Waals surface area contributed by atoms with Crippen LogP contribution in [0.25, 0.3) is 5.69 Å². The number of ether oxygens (including phenoxy) is 3. The molecule has 1 fully saturated rings. The van der Waals surface area contributed by atoms with Gasteiger partial charge in [-0.1, -0.05) is 0 Å². The van der Waals surface area contributed by atoms with Crippen molar-refractivity contribution < 1.29 is 14.2 Å². The molecule has 2 aromatic rings. The van der Waals surface area contributed by atoms with Crippen LogP contribution in [0.5, 0.6) is 11.5 Å². The van der Waals surface area contributed by atoms with E-state index in [0.29, 0.717) is 17.6 Å². The van der Waals surface area contributed by atoms with Gasteiger partial charge in [0.2, 0.25) is 0 Å². The summed E-state index contributed by atoms with van der Waals surface area (Å²) >= 11 is 0. The largest absolute Gasteiger partial charge is 0.493 e. The zero-order chi connectivity index (χ0) is 16.2. The van der Waals surface area contributed by atoms with Gasteiger partial charge in [-0.15, -0.1) is 0 Å². The molecule has 2 heterocycles. The SMILES string of the molecule is COc1ccc(-n2nc(C)nc2CC[C@H]2CCCO2)cc1OC. The monoisotopic (exact) mass is 317 g/mol. The quantitative estimate of drug-likeness (QED) is 0.820. The maximum absolute atomic E-state index is 5.70. The van der Waals surface area contributed by atoms with Gasteiger partial charge < -0.3 is 14.2 Å². The lowest BCUT2D eigenvalue weighted by Gasteiger charge is -2.12. The van der Waals surface area contributed by atoms with Crippen LogP contribution in [0.1, 0.15) is 30.9 Å². The number of hydrogen-bond acceptors (Lipinski definition) is 5. The first-order valence-corrected chi connectivity index (χ1v) is 7.98. The number of benzene rings is 1. The Morgan fingerprint density at radius 1 is 1.26 bits per heavy atom. The Kier molecular flexibility index (Phi) is 4.81. The Morgan fingerprint density at radius 2 is 2.09 bits per heavy atom. The Balaban J connectivity index is 1.84. The van der Waals surface area contributed by atoms with E-state index in [2.05, 4.69) is 10.1 Å². The maximum atomic E-state index is 5.70. The lowest BCUT2D eigenvalue weighted by Crippen LogP contribution is -2.10. The fraction of sp³-hybridized carbons (Fsp3) is 0.529. The van der Waals surface area contributed by atoms with Gasteiger partial charge >= 0.3 is 0 Å². The first kappa shape index (κ1) is 15.8. The van der Waals surface area contributed by atoms with E-state index < -0.39 is 0 Å². The standard InChI is InChI=1S/C17H23N3O3/c1-12-18-17(9-7-14-5-4-10-23-14)20(19-12)13-6-8-15(21-2)16(11-13)22-3/h6,8,11,14H,4-5,7,9-10H2,1-3H3/t14-/m1/s1. The molecule has 6 heteroatoms. The number of nitrogens with zero attached hydrogens (tertiary/aromatic N) is 3. The van der Waals surface area contributed by atoms with Crippen molar-refractivity contribution in [3.63, 3.8) is 0 Å². The van der Waals surface area contributed by atoms with Crippen LogP contribution in [0.4, 0.5) is 0 Å². The second-order valence-corrected chi connectivity index (χ2v) is 5.70. The molecule has 3 rings (SSSR count). The normalized spacial score (nSPS) is 17.4. The van der Waals surface area contributed by atoms with Crippen molar-refractivity contribution in [2.24, 2.45) is 0 Å². The first-order chi connectivity index (χ1) is 11.2. The van der Waals surface area contributed by atoms with Crippen molar-refractivity contribution in [1.82, 2.24) is 14.8 Å². The van der Waals surface area contributed by atoms with Gasteiger partial charge in [-0.2, -0.15) is 5.10 Å². The van der Waals surface area contributed by atoms with Crippen molar-refractivity contribution in [2.75, 3.05) is 20.8 Å². The average Bonchev–Trinajstić information content (AvgIpc) is 3.21. The fourth-order valence-corrected chi connectivity index (χ4v) is 2.95. The minimum atomic E-state index is 0.353. The summed E-state index contributed by atoms with van der Waals surface area (Å²) in [7, 11) is 3.26. The van der Waals surface area contributed by atoms with Gasteiger partial charge in [0.05, 0.1) is 26.0 Å². The number of methoxy groups -OCH3 is 2. The van der Waals surface area contributed by atoms with Crippen LogP contribution in [0.2, 0.25) is 0 Å². The highest BCUT2D eigenvalue weighted by Crippen LogP contribution is 2.29. The number of rotatable bonds is 6. The minimum absolute atomic E-state index is 0.353. The second kappa shape index (κ2) is 7.00. The fourth-order valence-electron chi connectivity index (χ4n) is 2.95. The zero-order valence-electron chi connectivity index (χ0n) is 13.9. The van der Waals surface area contributed by atoms with Crippen molar-refractivity contribution in [2.45, 2.75) is 38.7 Å². The van der Waals surface area contributed by atoms with Gasteiger partial charge in [0.15, 0.2) is 11.5 Å². The third-order valence-corrected chi connectivity index (χ3v) is 4.11. The summed E-state index contributed by atoms with van der Waals surface area (Å²) in [5, 5.41) is 4.53. The predicted octanol–water partition coefficient (Wildman–Crippen LogP) is 2.70. The lowest BCUT2D eigenvalue weighted by molar-refractivity contribution is 0.104. The summed E-state index contributed by atoms with van der Waals surface area (Å²) in [6.45, 7) is 2.79. The van der Waals surface area contributed by atoms with E-state index in [1.54, 1.807) is 14.2 Å². The van der Waals surface area contributed by atoms with Crippen LogP contribution in [-0.4, -0.2) is 41.7 Å². The third-order valence-electron chi connectivity index (χ3n) is 4.11. The summed E-state index contributed by atoms with van der Waals surface area (Å²) in [6, 6.07) is 5.77.